The maximum Gasteiger partial charge on any atom is 0.225 e. The van der Waals surface area contributed by atoms with Gasteiger partial charge in [-0.15, -0.1) is 10.2 Å². The molecule has 0 radical (unpaired) electrons. The van der Waals surface area contributed by atoms with E-state index in [-0.39, 0.29) is 0 Å². The third-order valence-corrected chi connectivity index (χ3v) is 4.62. The van der Waals surface area contributed by atoms with Gasteiger partial charge in [-0.3, -0.25) is 4.57 Å². The summed E-state index contributed by atoms with van der Waals surface area (Å²) in [5.74, 6) is 0.877. The van der Waals surface area contributed by atoms with Crippen molar-refractivity contribution in [2.75, 3.05) is 0 Å². The van der Waals surface area contributed by atoms with Gasteiger partial charge in [-0.2, -0.15) is 0 Å². The maximum absolute atomic E-state index is 6.27. The first-order chi connectivity index (χ1) is 9.68. The van der Waals surface area contributed by atoms with Crippen LogP contribution < -0.4 is 0 Å². The molecule has 20 heavy (non-hydrogen) atoms. The summed E-state index contributed by atoms with van der Waals surface area (Å²) in [5.41, 5.74) is 1.39. The molecule has 0 saturated heterocycles. The SMILES string of the molecule is CC1(Cn2c(Cl)nnc2-c2ccccc2)CCCCC1. The van der Waals surface area contributed by atoms with Crippen LogP contribution in [0.4, 0.5) is 0 Å². The van der Waals surface area contributed by atoms with E-state index in [9.17, 15) is 0 Å². The quantitative estimate of drug-likeness (QED) is 0.829. The molecule has 1 aliphatic rings. The number of rotatable bonds is 3. The summed E-state index contributed by atoms with van der Waals surface area (Å²) in [6, 6.07) is 10.2. The minimum atomic E-state index is 0.313. The topological polar surface area (TPSA) is 30.7 Å². The Hall–Kier alpha value is -1.35. The number of hydrogen-bond acceptors (Lipinski definition) is 2. The van der Waals surface area contributed by atoms with Crippen molar-refractivity contribution in [1.82, 2.24) is 14.8 Å². The highest BCUT2D eigenvalue weighted by atomic mass is 35.5. The monoisotopic (exact) mass is 289 g/mol. The van der Waals surface area contributed by atoms with Crippen LogP contribution in [-0.2, 0) is 6.54 Å². The molecule has 4 heteroatoms. The molecule has 0 unspecified atom stereocenters. The number of benzene rings is 1. The highest BCUT2D eigenvalue weighted by Crippen LogP contribution is 2.38. The Morgan fingerprint density at radius 2 is 1.80 bits per heavy atom. The first-order valence-electron chi connectivity index (χ1n) is 7.32. The van der Waals surface area contributed by atoms with Crippen molar-refractivity contribution in [3.8, 4) is 11.4 Å². The molecular formula is C16H20ClN3. The third kappa shape index (κ3) is 2.73. The molecule has 106 valence electrons. The number of halogens is 1. The van der Waals surface area contributed by atoms with Gasteiger partial charge < -0.3 is 0 Å². The van der Waals surface area contributed by atoms with Crippen LogP contribution in [0.2, 0.25) is 5.28 Å². The van der Waals surface area contributed by atoms with E-state index in [0.29, 0.717) is 10.7 Å². The first kappa shape index (κ1) is 13.6. The second-order valence-electron chi connectivity index (χ2n) is 6.12. The van der Waals surface area contributed by atoms with Gasteiger partial charge in [0.15, 0.2) is 5.82 Å². The lowest BCUT2D eigenvalue weighted by Crippen LogP contribution is -2.26. The number of nitrogens with zero attached hydrogens (tertiary/aromatic N) is 3. The third-order valence-electron chi connectivity index (χ3n) is 4.34. The Balaban J connectivity index is 1.92. The fourth-order valence-electron chi connectivity index (χ4n) is 3.17. The average Bonchev–Trinajstić information content (AvgIpc) is 2.81. The zero-order valence-electron chi connectivity index (χ0n) is 11.8. The molecule has 1 aromatic heterocycles. The molecule has 0 amide bonds. The second kappa shape index (κ2) is 5.57. The second-order valence-corrected chi connectivity index (χ2v) is 6.45. The summed E-state index contributed by atoms with van der Waals surface area (Å²) in [7, 11) is 0. The van der Waals surface area contributed by atoms with Crippen LogP contribution in [0.15, 0.2) is 30.3 Å². The summed E-state index contributed by atoms with van der Waals surface area (Å²) in [6.45, 7) is 3.26. The Kier molecular flexibility index (Phi) is 3.79. The maximum atomic E-state index is 6.27. The van der Waals surface area contributed by atoms with E-state index in [2.05, 4.69) is 33.8 Å². The summed E-state index contributed by atoms with van der Waals surface area (Å²) in [5, 5.41) is 8.83. The highest BCUT2D eigenvalue weighted by molar-refractivity contribution is 6.28. The minimum Gasteiger partial charge on any atom is -0.297 e. The predicted octanol–water partition coefficient (Wildman–Crippen LogP) is 4.57. The van der Waals surface area contributed by atoms with Crippen LogP contribution in [0.1, 0.15) is 39.0 Å². The van der Waals surface area contributed by atoms with Crippen molar-refractivity contribution in [2.45, 2.75) is 45.6 Å². The largest absolute Gasteiger partial charge is 0.297 e. The van der Waals surface area contributed by atoms with Gasteiger partial charge in [0.05, 0.1) is 0 Å². The number of aromatic nitrogens is 3. The van der Waals surface area contributed by atoms with Crippen LogP contribution in [-0.4, -0.2) is 14.8 Å². The molecule has 3 nitrogen and oxygen atoms in total. The average molecular weight is 290 g/mol. The van der Waals surface area contributed by atoms with E-state index in [1.54, 1.807) is 0 Å². The Bertz CT molecular complexity index is 571. The summed E-state index contributed by atoms with van der Waals surface area (Å²) in [4.78, 5) is 0. The van der Waals surface area contributed by atoms with Gasteiger partial charge in [0.25, 0.3) is 0 Å². The van der Waals surface area contributed by atoms with Gasteiger partial charge in [-0.1, -0.05) is 56.5 Å². The van der Waals surface area contributed by atoms with Gasteiger partial charge in [0.2, 0.25) is 5.28 Å². The van der Waals surface area contributed by atoms with Crippen LogP contribution in [0, 0.1) is 5.41 Å². The van der Waals surface area contributed by atoms with E-state index in [4.69, 9.17) is 11.6 Å². The lowest BCUT2D eigenvalue weighted by Gasteiger charge is -2.34. The molecule has 0 N–H and O–H groups in total. The normalized spacial score (nSPS) is 18.1. The van der Waals surface area contributed by atoms with Crippen molar-refractivity contribution < 1.29 is 0 Å². The smallest absolute Gasteiger partial charge is 0.225 e. The summed E-state index contributed by atoms with van der Waals surface area (Å²) in [6.07, 6.45) is 6.51. The molecule has 0 spiro atoms. The van der Waals surface area contributed by atoms with E-state index in [1.807, 2.05) is 18.2 Å². The molecule has 1 aliphatic carbocycles. The zero-order chi connectivity index (χ0) is 14.0. The molecular weight excluding hydrogens is 270 g/mol. The van der Waals surface area contributed by atoms with Crippen molar-refractivity contribution >= 4 is 11.6 Å². The number of hydrogen-bond donors (Lipinski definition) is 0. The zero-order valence-corrected chi connectivity index (χ0v) is 12.6. The summed E-state index contributed by atoms with van der Waals surface area (Å²) < 4.78 is 2.07. The fourth-order valence-corrected chi connectivity index (χ4v) is 3.35. The predicted molar refractivity (Wildman–Crippen MR) is 81.7 cm³/mol. The minimum absolute atomic E-state index is 0.313. The Morgan fingerprint density at radius 3 is 2.50 bits per heavy atom. The van der Waals surface area contributed by atoms with Gasteiger partial charge >= 0.3 is 0 Å². The molecule has 1 saturated carbocycles. The first-order valence-corrected chi connectivity index (χ1v) is 7.70. The van der Waals surface area contributed by atoms with Crippen LogP contribution in [0.3, 0.4) is 0 Å². The van der Waals surface area contributed by atoms with Crippen LogP contribution in [0.5, 0.6) is 0 Å². The Labute approximate surface area is 125 Å². The van der Waals surface area contributed by atoms with E-state index >= 15 is 0 Å². The van der Waals surface area contributed by atoms with Crippen molar-refractivity contribution in [3.05, 3.63) is 35.6 Å². The van der Waals surface area contributed by atoms with Crippen molar-refractivity contribution in [1.29, 1.82) is 0 Å². The standard InChI is InChI=1S/C16H20ClN3/c1-16(10-6-3-7-11-16)12-20-14(18-19-15(20)17)13-8-4-2-5-9-13/h2,4-5,8-9H,3,6-7,10-12H2,1H3. The van der Waals surface area contributed by atoms with Crippen molar-refractivity contribution in [2.24, 2.45) is 5.41 Å². The molecule has 1 fully saturated rings. The molecule has 1 aromatic carbocycles. The van der Waals surface area contributed by atoms with Crippen LogP contribution in [0.25, 0.3) is 11.4 Å². The van der Waals surface area contributed by atoms with E-state index in [1.165, 1.54) is 32.1 Å². The van der Waals surface area contributed by atoms with E-state index < -0.39 is 0 Å². The van der Waals surface area contributed by atoms with E-state index in [0.717, 1.165) is 17.9 Å². The molecule has 0 bridgehead atoms. The molecule has 1 heterocycles. The lowest BCUT2D eigenvalue weighted by molar-refractivity contribution is 0.184. The van der Waals surface area contributed by atoms with Crippen molar-refractivity contribution in [3.63, 3.8) is 0 Å². The van der Waals surface area contributed by atoms with Crippen LogP contribution >= 0.6 is 11.6 Å². The highest BCUT2D eigenvalue weighted by Gasteiger charge is 2.29. The fraction of sp³-hybridized carbons (Fsp3) is 0.500. The summed E-state index contributed by atoms with van der Waals surface area (Å²) >= 11 is 6.27. The molecule has 2 aromatic rings. The van der Waals surface area contributed by atoms with Gasteiger partial charge in [0.1, 0.15) is 0 Å². The molecule has 0 aliphatic heterocycles. The lowest BCUT2D eigenvalue weighted by atomic mass is 9.75. The molecule has 3 rings (SSSR count). The van der Waals surface area contributed by atoms with Gasteiger partial charge in [-0.05, 0) is 29.9 Å². The van der Waals surface area contributed by atoms with Gasteiger partial charge in [0, 0.05) is 12.1 Å². The van der Waals surface area contributed by atoms with Gasteiger partial charge in [-0.25, -0.2) is 0 Å². The molecule has 0 atom stereocenters. The Morgan fingerprint density at radius 1 is 1.10 bits per heavy atom.